The van der Waals surface area contributed by atoms with E-state index in [1.54, 1.807) is 36.4 Å². The molecule has 3 aromatic rings. The molecule has 0 unspecified atom stereocenters. The first kappa shape index (κ1) is 19.0. The molecule has 0 saturated heterocycles. The quantitative estimate of drug-likeness (QED) is 0.612. The molecule has 0 radical (unpaired) electrons. The zero-order valence-electron chi connectivity index (χ0n) is 15.3. The van der Waals surface area contributed by atoms with Gasteiger partial charge in [0.2, 0.25) is 0 Å². The third kappa shape index (κ3) is 4.38. The van der Waals surface area contributed by atoms with E-state index in [1.807, 2.05) is 30.3 Å². The minimum atomic E-state index is -0.385. The number of nitrogens with one attached hydrogen (secondary N) is 2. The summed E-state index contributed by atoms with van der Waals surface area (Å²) in [7, 11) is 0. The summed E-state index contributed by atoms with van der Waals surface area (Å²) in [6, 6.07) is 21.1. The van der Waals surface area contributed by atoms with Crippen LogP contribution in [-0.4, -0.2) is 11.8 Å². The second kappa shape index (κ2) is 8.32. The number of carbonyl (C=O) groups is 2. The van der Waals surface area contributed by atoms with E-state index in [1.165, 1.54) is 23.9 Å². The van der Waals surface area contributed by atoms with Crippen LogP contribution in [0, 0.1) is 5.82 Å². The molecule has 4 rings (SSSR count). The van der Waals surface area contributed by atoms with Gasteiger partial charge in [0.05, 0.1) is 10.6 Å². The zero-order chi connectivity index (χ0) is 20.2. The van der Waals surface area contributed by atoms with E-state index in [4.69, 9.17) is 0 Å². The summed E-state index contributed by atoms with van der Waals surface area (Å²) < 4.78 is 13.9. The standard InChI is InChI=1S/C23H17FN2O2S/c24-18-9-5-4-8-16(18)13-21-23(28)26-19-12-17(10-11-20(19)29-21)22(27)25-14-15-6-2-1-3-7-15/h1-13H,14H2,(H,25,27)(H,26,28)/b21-13+. The van der Waals surface area contributed by atoms with Gasteiger partial charge in [-0.25, -0.2) is 4.39 Å². The summed E-state index contributed by atoms with van der Waals surface area (Å²) in [6.07, 6.45) is 1.53. The largest absolute Gasteiger partial charge is 0.348 e. The fourth-order valence-corrected chi connectivity index (χ4v) is 3.84. The second-order valence-corrected chi connectivity index (χ2v) is 7.55. The number of hydrogen-bond donors (Lipinski definition) is 2. The van der Waals surface area contributed by atoms with Crippen molar-refractivity contribution in [3.05, 3.63) is 100 Å². The Bertz CT molecular complexity index is 1110. The van der Waals surface area contributed by atoms with Crippen LogP contribution in [0.2, 0.25) is 0 Å². The van der Waals surface area contributed by atoms with Crippen molar-refractivity contribution in [1.29, 1.82) is 0 Å². The second-order valence-electron chi connectivity index (χ2n) is 6.47. The van der Waals surface area contributed by atoms with E-state index in [9.17, 15) is 14.0 Å². The smallest absolute Gasteiger partial charge is 0.262 e. The first-order valence-corrected chi connectivity index (χ1v) is 9.83. The third-order valence-corrected chi connectivity index (χ3v) is 5.52. The summed E-state index contributed by atoms with van der Waals surface area (Å²) in [6.45, 7) is 0.424. The molecule has 144 valence electrons. The minimum absolute atomic E-state index is 0.219. The van der Waals surface area contributed by atoms with E-state index in [-0.39, 0.29) is 17.6 Å². The summed E-state index contributed by atoms with van der Waals surface area (Å²) >= 11 is 1.25. The van der Waals surface area contributed by atoms with E-state index in [0.717, 1.165) is 10.5 Å². The normalized spacial score (nSPS) is 14.2. The predicted molar refractivity (Wildman–Crippen MR) is 113 cm³/mol. The van der Waals surface area contributed by atoms with Crippen LogP contribution in [0.15, 0.2) is 82.6 Å². The van der Waals surface area contributed by atoms with Crippen LogP contribution >= 0.6 is 11.8 Å². The Hall–Kier alpha value is -3.38. The third-order valence-electron chi connectivity index (χ3n) is 4.42. The average Bonchev–Trinajstić information content (AvgIpc) is 2.74. The Morgan fingerprint density at radius 1 is 1.03 bits per heavy atom. The number of fused-ring (bicyclic) bond motifs is 1. The van der Waals surface area contributed by atoms with Gasteiger partial charge in [-0.15, -0.1) is 0 Å². The molecule has 6 heteroatoms. The molecular formula is C23H17FN2O2S. The van der Waals surface area contributed by atoms with E-state index >= 15 is 0 Å². The number of halogens is 1. The van der Waals surface area contributed by atoms with Gasteiger partial charge in [0.1, 0.15) is 5.82 Å². The number of amides is 2. The maximum atomic E-state index is 13.9. The molecule has 1 aliphatic heterocycles. The van der Waals surface area contributed by atoms with E-state index in [2.05, 4.69) is 10.6 Å². The molecule has 0 atom stereocenters. The maximum absolute atomic E-state index is 13.9. The van der Waals surface area contributed by atoms with Gasteiger partial charge in [-0.1, -0.05) is 60.3 Å². The highest BCUT2D eigenvalue weighted by molar-refractivity contribution is 8.04. The lowest BCUT2D eigenvalue weighted by molar-refractivity contribution is -0.112. The van der Waals surface area contributed by atoms with Crippen molar-refractivity contribution in [3.63, 3.8) is 0 Å². The Labute approximate surface area is 171 Å². The van der Waals surface area contributed by atoms with Gasteiger partial charge in [0, 0.05) is 22.6 Å². The van der Waals surface area contributed by atoms with Gasteiger partial charge in [-0.05, 0) is 35.9 Å². The zero-order valence-corrected chi connectivity index (χ0v) is 16.1. The maximum Gasteiger partial charge on any atom is 0.262 e. The van der Waals surface area contributed by atoms with Crippen LogP contribution in [0.4, 0.5) is 10.1 Å². The Morgan fingerprint density at radius 2 is 1.79 bits per heavy atom. The topological polar surface area (TPSA) is 58.2 Å². The van der Waals surface area contributed by atoms with Crippen molar-refractivity contribution in [3.8, 4) is 0 Å². The van der Waals surface area contributed by atoms with Gasteiger partial charge >= 0.3 is 0 Å². The number of benzene rings is 3. The molecule has 1 aliphatic rings. The van der Waals surface area contributed by atoms with Gasteiger partial charge in [-0.3, -0.25) is 9.59 Å². The molecule has 2 N–H and O–H groups in total. The van der Waals surface area contributed by atoms with Crippen molar-refractivity contribution in [2.24, 2.45) is 0 Å². The fraction of sp³-hybridized carbons (Fsp3) is 0.0435. The van der Waals surface area contributed by atoms with Crippen molar-refractivity contribution in [2.75, 3.05) is 5.32 Å². The number of thioether (sulfide) groups is 1. The number of hydrogen-bond acceptors (Lipinski definition) is 3. The van der Waals surface area contributed by atoms with Gasteiger partial charge < -0.3 is 10.6 Å². The predicted octanol–water partition coefficient (Wildman–Crippen LogP) is 4.84. The molecule has 3 aromatic carbocycles. The van der Waals surface area contributed by atoms with E-state index in [0.29, 0.717) is 28.3 Å². The summed E-state index contributed by atoms with van der Waals surface area (Å²) in [5.41, 5.74) is 2.39. The summed E-state index contributed by atoms with van der Waals surface area (Å²) in [5, 5.41) is 5.66. The van der Waals surface area contributed by atoms with Crippen LogP contribution in [0.1, 0.15) is 21.5 Å². The summed E-state index contributed by atoms with van der Waals surface area (Å²) in [5.74, 6) is -0.930. The van der Waals surface area contributed by atoms with Gasteiger partial charge in [0.25, 0.3) is 11.8 Å². The molecular weight excluding hydrogens is 387 g/mol. The van der Waals surface area contributed by atoms with Crippen LogP contribution in [0.5, 0.6) is 0 Å². The molecule has 0 fully saturated rings. The SMILES string of the molecule is O=C1Nc2cc(C(=O)NCc3ccccc3)ccc2S/C1=C/c1ccccc1F. The van der Waals surface area contributed by atoms with Crippen LogP contribution in [0.25, 0.3) is 6.08 Å². The molecule has 4 nitrogen and oxygen atoms in total. The lowest BCUT2D eigenvalue weighted by atomic mass is 10.1. The average molecular weight is 404 g/mol. The number of rotatable bonds is 4. The lowest BCUT2D eigenvalue weighted by Gasteiger charge is -2.19. The number of anilines is 1. The van der Waals surface area contributed by atoms with Crippen molar-refractivity contribution in [1.82, 2.24) is 5.32 Å². The van der Waals surface area contributed by atoms with Gasteiger partial charge in [0.15, 0.2) is 0 Å². The Kier molecular flexibility index (Phi) is 5.44. The monoisotopic (exact) mass is 404 g/mol. The van der Waals surface area contributed by atoms with Gasteiger partial charge in [-0.2, -0.15) is 0 Å². The Balaban J connectivity index is 1.50. The fourth-order valence-electron chi connectivity index (χ4n) is 2.92. The highest BCUT2D eigenvalue weighted by Crippen LogP contribution is 2.39. The molecule has 2 amide bonds. The van der Waals surface area contributed by atoms with Crippen molar-refractivity contribution < 1.29 is 14.0 Å². The first-order chi connectivity index (χ1) is 14.1. The molecule has 0 saturated carbocycles. The van der Waals surface area contributed by atoms with Crippen LogP contribution in [-0.2, 0) is 11.3 Å². The molecule has 1 heterocycles. The molecule has 0 aliphatic carbocycles. The first-order valence-electron chi connectivity index (χ1n) is 9.02. The molecule has 0 spiro atoms. The highest BCUT2D eigenvalue weighted by Gasteiger charge is 2.22. The summed E-state index contributed by atoms with van der Waals surface area (Å²) in [4.78, 5) is 26.1. The molecule has 29 heavy (non-hydrogen) atoms. The lowest BCUT2D eigenvalue weighted by Crippen LogP contribution is -2.23. The minimum Gasteiger partial charge on any atom is -0.348 e. The van der Waals surface area contributed by atoms with Crippen LogP contribution < -0.4 is 10.6 Å². The Morgan fingerprint density at radius 3 is 2.59 bits per heavy atom. The highest BCUT2D eigenvalue weighted by atomic mass is 32.2. The number of carbonyl (C=O) groups excluding carboxylic acids is 2. The molecule has 0 aromatic heterocycles. The van der Waals surface area contributed by atoms with Crippen molar-refractivity contribution in [2.45, 2.75) is 11.4 Å². The van der Waals surface area contributed by atoms with E-state index < -0.39 is 0 Å². The van der Waals surface area contributed by atoms with Crippen molar-refractivity contribution >= 4 is 35.3 Å². The molecule has 0 bridgehead atoms. The van der Waals surface area contributed by atoms with Crippen LogP contribution in [0.3, 0.4) is 0 Å².